The molecule has 0 aromatic heterocycles. The molecule has 4 unspecified atom stereocenters. The van der Waals surface area contributed by atoms with Gasteiger partial charge in [0.1, 0.15) is 0 Å². The highest BCUT2D eigenvalue weighted by Gasteiger charge is 2.37. The second-order valence-corrected chi connectivity index (χ2v) is 12.5. The molecule has 3 aromatic rings. The normalized spacial score (nSPS) is 25.1. The molecular formula is C36H44. The third-order valence-corrected chi connectivity index (χ3v) is 10.0. The van der Waals surface area contributed by atoms with Crippen LogP contribution in [0.1, 0.15) is 92.9 Å². The first-order valence-corrected chi connectivity index (χ1v) is 15.0. The summed E-state index contributed by atoms with van der Waals surface area (Å²) in [6.07, 6.45) is 16.9. The molecule has 3 aromatic carbocycles. The van der Waals surface area contributed by atoms with E-state index >= 15 is 0 Å². The second-order valence-electron chi connectivity index (χ2n) is 12.5. The van der Waals surface area contributed by atoms with Crippen molar-refractivity contribution in [3.8, 4) is 11.1 Å². The maximum Gasteiger partial charge on any atom is -0.0181 e. The summed E-state index contributed by atoms with van der Waals surface area (Å²) in [5, 5.41) is 0. The molecule has 6 rings (SSSR count). The summed E-state index contributed by atoms with van der Waals surface area (Å²) in [5.41, 5.74) is 9.19. The van der Waals surface area contributed by atoms with Crippen molar-refractivity contribution in [3.05, 3.63) is 95.1 Å². The van der Waals surface area contributed by atoms with Gasteiger partial charge in [-0.05, 0) is 95.1 Å². The van der Waals surface area contributed by atoms with E-state index in [1.165, 1.54) is 93.7 Å². The van der Waals surface area contributed by atoms with Gasteiger partial charge in [0.15, 0.2) is 0 Å². The Bertz CT molecular complexity index is 1140. The Balaban J connectivity index is 1.10. The molecule has 0 spiro atoms. The van der Waals surface area contributed by atoms with Gasteiger partial charge >= 0.3 is 0 Å². The van der Waals surface area contributed by atoms with E-state index in [1.807, 2.05) is 0 Å². The number of fused-ring (bicyclic) bond motifs is 1. The second kappa shape index (κ2) is 11.0. The lowest BCUT2D eigenvalue weighted by molar-refractivity contribution is 0.248. The molecule has 188 valence electrons. The lowest BCUT2D eigenvalue weighted by Gasteiger charge is -2.28. The van der Waals surface area contributed by atoms with Gasteiger partial charge in [-0.25, -0.2) is 0 Å². The fourth-order valence-corrected chi connectivity index (χ4v) is 8.08. The standard InChI is InChI=1S/C36H44/c1-26(30-14-8-15-31(23-30)29-12-6-3-7-13-29)20-33-16-9-17-36(33)35-24-32-19-18-28(22-34(32)25-35)21-27-10-4-2-5-11-27/h3,6-8,12-15,18-19,22-23,26-27,33,35-36H,2,4-5,9-11,16-17,20-21,24-25H2,1H3. The van der Waals surface area contributed by atoms with E-state index in [0.29, 0.717) is 5.92 Å². The smallest absolute Gasteiger partial charge is 0.0181 e. The van der Waals surface area contributed by atoms with Crippen LogP contribution in [0.2, 0.25) is 0 Å². The van der Waals surface area contributed by atoms with Gasteiger partial charge in [-0.3, -0.25) is 0 Å². The van der Waals surface area contributed by atoms with Crippen LogP contribution in [0.4, 0.5) is 0 Å². The molecule has 0 heterocycles. The van der Waals surface area contributed by atoms with E-state index in [9.17, 15) is 0 Å². The van der Waals surface area contributed by atoms with Crippen molar-refractivity contribution in [1.29, 1.82) is 0 Å². The fraction of sp³-hybridized carbons (Fsp3) is 0.500. The zero-order chi connectivity index (χ0) is 24.3. The van der Waals surface area contributed by atoms with Crippen molar-refractivity contribution in [3.63, 3.8) is 0 Å². The SMILES string of the molecule is CC(CC1CCCC1C1Cc2ccc(CC3CCCCC3)cc2C1)c1cccc(-c2ccccc2)c1. The minimum atomic E-state index is 0.630. The van der Waals surface area contributed by atoms with Gasteiger partial charge in [-0.2, -0.15) is 0 Å². The zero-order valence-corrected chi connectivity index (χ0v) is 22.3. The van der Waals surface area contributed by atoms with E-state index in [4.69, 9.17) is 0 Å². The summed E-state index contributed by atoms with van der Waals surface area (Å²) in [4.78, 5) is 0. The van der Waals surface area contributed by atoms with E-state index < -0.39 is 0 Å². The molecule has 36 heavy (non-hydrogen) atoms. The average Bonchev–Trinajstić information content (AvgIpc) is 3.56. The highest BCUT2D eigenvalue weighted by atomic mass is 14.4. The van der Waals surface area contributed by atoms with Crippen LogP contribution in [-0.4, -0.2) is 0 Å². The quantitative estimate of drug-likeness (QED) is 0.318. The molecule has 0 saturated heterocycles. The van der Waals surface area contributed by atoms with Crippen LogP contribution in [-0.2, 0) is 19.3 Å². The van der Waals surface area contributed by atoms with Crippen LogP contribution in [0, 0.1) is 23.7 Å². The predicted molar refractivity (Wildman–Crippen MR) is 153 cm³/mol. The van der Waals surface area contributed by atoms with Crippen molar-refractivity contribution >= 4 is 0 Å². The minimum absolute atomic E-state index is 0.630. The largest absolute Gasteiger partial charge is 0.0622 e. The average molecular weight is 477 g/mol. The van der Waals surface area contributed by atoms with Gasteiger partial charge in [0.2, 0.25) is 0 Å². The summed E-state index contributed by atoms with van der Waals surface area (Å²) in [5.74, 6) is 4.25. The first kappa shape index (κ1) is 24.0. The molecule has 0 bridgehead atoms. The van der Waals surface area contributed by atoms with Crippen molar-refractivity contribution in [2.24, 2.45) is 23.7 Å². The highest BCUT2D eigenvalue weighted by Crippen LogP contribution is 2.46. The molecule has 3 aliphatic rings. The Morgan fingerprint density at radius 3 is 2.36 bits per heavy atom. The van der Waals surface area contributed by atoms with Gasteiger partial charge in [0.05, 0.1) is 0 Å². The molecule has 0 heteroatoms. The van der Waals surface area contributed by atoms with Crippen LogP contribution < -0.4 is 0 Å². The topological polar surface area (TPSA) is 0 Å². The van der Waals surface area contributed by atoms with Crippen molar-refractivity contribution in [1.82, 2.24) is 0 Å². The Labute approximate surface area is 219 Å². The molecule has 2 saturated carbocycles. The minimum Gasteiger partial charge on any atom is -0.0622 e. The van der Waals surface area contributed by atoms with Gasteiger partial charge in [0.25, 0.3) is 0 Å². The molecule has 2 fully saturated rings. The van der Waals surface area contributed by atoms with Crippen molar-refractivity contribution in [2.45, 2.75) is 89.9 Å². The highest BCUT2D eigenvalue weighted by molar-refractivity contribution is 5.64. The molecule has 4 atom stereocenters. The molecule has 0 radical (unpaired) electrons. The monoisotopic (exact) mass is 476 g/mol. The van der Waals surface area contributed by atoms with Gasteiger partial charge in [-0.1, -0.05) is 125 Å². The van der Waals surface area contributed by atoms with Gasteiger partial charge < -0.3 is 0 Å². The Hall–Kier alpha value is -2.34. The van der Waals surface area contributed by atoms with E-state index in [1.54, 1.807) is 16.7 Å². The maximum atomic E-state index is 2.62. The van der Waals surface area contributed by atoms with E-state index in [-0.39, 0.29) is 0 Å². The molecular weight excluding hydrogens is 432 g/mol. The third-order valence-electron chi connectivity index (χ3n) is 10.0. The van der Waals surface area contributed by atoms with Crippen molar-refractivity contribution < 1.29 is 0 Å². The van der Waals surface area contributed by atoms with E-state index in [2.05, 4.69) is 79.7 Å². The number of rotatable bonds is 7. The van der Waals surface area contributed by atoms with Crippen LogP contribution in [0.15, 0.2) is 72.8 Å². The molecule has 0 amide bonds. The van der Waals surface area contributed by atoms with Gasteiger partial charge in [-0.15, -0.1) is 0 Å². The zero-order valence-electron chi connectivity index (χ0n) is 22.3. The predicted octanol–water partition coefficient (Wildman–Crippen LogP) is 9.80. The number of hydrogen-bond acceptors (Lipinski definition) is 0. The van der Waals surface area contributed by atoms with Crippen LogP contribution in [0.25, 0.3) is 11.1 Å². The molecule has 0 N–H and O–H groups in total. The number of hydrogen-bond donors (Lipinski definition) is 0. The Kier molecular flexibility index (Phi) is 7.31. The lowest BCUT2D eigenvalue weighted by atomic mass is 9.77. The van der Waals surface area contributed by atoms with Crippen LogP contribution in [0.3, 0.4) is 0 Å². The first-order chi connectivity index (χ1) is 17.7. The van der Waals surface area contributed by atoms with Crippen LogP contribution >= 0.6 is 0 Å². The molecule has 0 nitrogen and oxygen atoms in total. The van der Waals surface area contributed by atoms with E-state index in [0.717, 1.165) is 23.7 Å². The Morgan fingerprint density at radius 2 is 1.50 bits per heavy atom. The Morgan fingerprint density at radius 1 is 0.694 bits per heavy atom. The summed E-state index contributed by atoms with van der Waals surface area (Å²) >= 11 is 0. The maximum absolute atomic E-state index is 2.62. The lowest BCUT2D eigenvalue weighted by Crippen LogP contribution is -2.21. The summed E-state index contributed by atoms with van der Waals surface area (Å²) < 4.78 is 0. The number of benzene rings is 3. The fourth-order valence-electron chi connectivity index (χ4n) is 8.08. The third kappa shape index (κ3) is 5.34. The van der Waals surface area contributed by atoms with Crippen molar-refractivity contribution in [2.75, 3.05) is 0 Å². The summed E-state index contributed by atoms with van der Waals surface area (Å²) in [6.45, 7) is 2.47. The summed E-state index contributed by atoms with van der Waals surface area (Å²) in [7, 11) is 0. The summed E-state index contributed by atoms with van der Waals surface area (Å²) in [6, 6.07) is 27.8. The van der Waals surface area contributed by atoms with Crippen LogP contribution in [0.5, 0.6) is 0 Å². The molecule has 3 aliphatic carbocycles. The van der Waals surface area contributed by atoms with Gasteiger partial charge in [0, 0.05) is 0 Å². The molecule has 0 aliphatic heterocycles. The first-order valence-electron chi connectivity index (χ1n) is 15.0.